The van der Waals surface area contributed by atoms with Gasteiger partial charge >= 0.3 is 5.69 Å². The fourth-order valence-corrected chi connectivity index (χ4v) is 3.82. The van der Waals surface area contributed by atoms with E-state index in [1.165, 1.54) is 19.3 Å². The average molecular weight is 370 g/mol. The first kappa shape index (κ1) is 19.1. The number of hydrogen-bond donors (Lipinski definition) is 1. The van der Waals surface area contributed by atoms with Crippen molar-refractivity contribution < 1.29 is 9.72 Å². The number of nitrogens with one attached hydrogen (secondary N) is 1. The van der Waals surface area contributed by atoms with E-state index in [9.17, 15) is 14.9 Å². The maximum atomic E-state index is 12.5. The Hall–Kier alpha value is -2.70. The lowest BCUT2D eigenvalue weighted by Gasteiger charge is -2.29. The monoisotopic (exact) mass is 370 g/mol. The van der Waals surface area contributed by atoms with Crippen LogP contribution in [0.4, 0.5) is 5.69 Å². The van der Waals surface area contributed by atoms with E-state index in [0.29, 0.717) is 29.4 Å². The lowest BCUT2D eigenvalue weighted by molar-refractivity contribution is -0.386. The van der Waals surface area contributed by atoms with E-state index in [4.69, 9.17) is 0 Å². The van der Waals surface area contributed by atoms with Gasteiger partial charge in [0.1, 0.15) is 11.4 Å². The highest BCUT2D eigenvalue weighted by atomic mass is 16.6. The molecule has 2 aromatic rings. The number of amides is 1. The number of hydrogen-bond acceptors (Lipinski definition) is 4. The van der Waals surface area contributed by atoms with E-state index in [-0.39, 0.29) is 17.6 Å². The summed E-state index contributed by atoms with van der Waals surface area (Å²) in [6.45, 7) is 5.97. The second-order valence-corrected chi connectivity index (χ2v) is 7.47. The minimum atomic E-state index is -0.395. The fraction of sp³-hybridized carbons (Fsp3) is 0.500. The summed E-state index contributed by atoms with van der Waals surface area (Å²) >= 11 is 0. The molecule has 0 bridgehead atoms. The number of carbonyl (C=O) groups is 1. The van der Waals surface area contributed by atoms with Crippen molar-refractivity contribution in [3.63, 3.8) is 0 Å². The van der Waals surface area contributed by atoms with Crippen LogP contribution in [0.5, 0.6) is 0 Å². The van der Waals surface area contributed by atoms with Gasteiger partial charge in [-0.05, 0) is 50.3 Å². The first-order valence-electron chi connectivity index (χ1n) is 9.45. The normalized spacial score (nSPS) is 19.7. The third-order valence-corrected chi connectivity index (χ3v) is 5.50. The van der Waals surface area contributed by atoms with Crippen LogP contribution < -0.4 is 5.32 Å². The maximum Gasteiger partial charge on any atom is 0.312 e. The summed E-state index contributed by atoms with van der Waals surface area (Å²) in [6, 6.07) is 7.61. The number of carbonyl (C=O) groups excluding carboxylic acids is 1. The summed E-state index contributed by atoms with van der Waals surface area (Å²) in [5.74, 6) is 0.478. The Bertz CT molecular complexity index is 842. The Morgan fingerprint density at radius 3 is 2.52 bits per heavy atom. The van der Waals surface area contributed by atoms with Gasteiger partial charge in [-0.25, -0.2) is 0 Å². The highest BCUT2D eigenvalue weighted by Crippen LogP contribution is 2.24. The standard InChI is InChI=1S/C20H26N4O3/c1-13-6-4-5-7-18(13)21-20(25)17-10-8-16(9-11-17)12-23-15(3)19(24(26)27)14(2)22-23/h8-11,13,18H,4-7,12H2,1-3H3,(H,21,25)/t13-,18-/m1/s1. The zero-order chi connectivity index (χ0) is 19.6. The summed E-state index contributed by atoms with van der Waals surface area (Å²) in [4.78, 5) is 23.2. The zero-order valence-electron chi connectivity index (χ0n) is 16.1. The van der Waals surface area contributed by atoms with Crippen molar-refractivity contribution in [1.82, 2.24) is 15.1 Å². The molecule has 1 heterocycles. The van der Waals surface area contributed by atoms with Gasteiger partial charge in [-0.3, -0.25) is 19.6 Å². The van der Waals surface area contributed by atoms with Gasteiger partial charge in [-0.1, -0.05) is 31.9 Å². The molecule has 144 valence electrons. The van der Waals surface area contributed by atoms with Crippen molar-refractivity contribution in [2.24, 2.45) is 5.92 Å². The smallest absolute Gasteiger partial charge is 0.312 e. The molecule has 0 aliphatic heterocycles. The van der Waals surface area contributed by atoms with Crippen LogP contribution in [0.15, 0.2) is 24.3 Å². The predicted molar refractivity (Wildman–Crippen MR) is 103 cm³/mol. The lowest BCUT2D eigenvalue weighted by atomic mass is 9.86. The molecule has 1 fully saturated rings. The van der Waals surface area contributed by atoms with Crippen molar-refractivity contribution in [2.45, 2.75) is 59.0 Å². The molecule has 0 spiro atoms. The molecule has 0 saturated heterocycles. The first-order chi connectivity index (χ1) is 12.9. The molecule has 0 unspecified atom stereocenters. The second-order valence-electron chi connectivity index (χ2n) is 7.47. The van der Waals surface area contributed by atoms with E-state index >= 15 is 0 Å². The Balaban J connectivity index is 1.68. The molecule has 3 rings (SSSR count). The number of aryl methyl sites for hydroxylation is 1. The molecule has 7 nitrogen and oxygen atoms in total. The maximum absolute atomic E-state index is 12.5. The first-order valence-corrected chi connectivity index (χ1v) is 9.45. The SMILES string of the molecule is Cc1nn(Cc2ccc(C(=O)N[C@@H]3CCCC[C@H]3C)cc2)c(C)c1[N+](=O)[O-]. The molecule has 27 heavy (non-hydrogen) atoms. The molecule has 7 heteroatoms. The van der Waals surface area contributed by atoms with Gasteiger partial charge in [0, 0.05) is 11.6 Å². The summed E-state index contributed by atoms with van der Waals surface area (Å²) in [5.41, 5.74) is 2.59. The molecule has 0 radical (unpaired) electrons. The van der Waals surface area contributed by atoms with Gasteiger partial charge in [0.15, 0.2) is 0 Å². The van der Waals surface area contributed by atoms with Gasteiger partial charge < -0.3 is 5.32 Å². The molecule has 1 saturated carbocycles. The molecule has 1 N–H and O–H groups in total. The van der Waals surface area contributed by atoms with Crippen molar-refractivity contribution in [3.8, 4) is 0 Å². The van der Waals surface area contributed by atoms with Crippen LogP contribution >= 0.6 is 0 Å². The van der Waals surface area contributed by atoms with Gasteiger partial charge in [0.05, 0.1) is 11.5 Å². The van der Waals surface area contributed by atoms with Crippen molar-refractivity contribution in [2.75, 3.05) is 0 Å². The van der Waals surface area contributed by atoms with Crippen LogP contribution in [0.2, 0.25) is 0 Å². The van der Waals surface area contributed by atoms with E-state index in [1.807, 2.05) is 12.1 Å². The Kier molecular flexibility index (Phi) is 5.58. The van der Waals surface area contributed by atoms with Crippen molar-refractivity contribution >= 4 is 11.6 Å². The van der Waals surface area contributed by atoms with Gasteiger partial charge in [-0.2, -0.15) is 5.10 Å². The summed E-state index contributed by atoms with van der Waals surface area (Å²) in [6.07, 6.45) is 4.62. The second kappa shape index (κ2) is 7.90. The molecular weight excluding hydrogens is 344 g/mol. The molecule has 1 aliphatic carbocycles. The summed E-state index contributed by atoms with van der Waals surface area (Å²) in [5, 5.41) is 18.5. The minimum Gasteiger partial charge on any atom is -0.349 e. The topological polar surface area (TPSA) is 90.1 Å². The quantitative estimate of drug-likeness (QED) is 0.641. The van der Waals surface area contributed by atoms with Gasteiger partial charge in [0.2, 0.25) is 0 Å². The summed E-state index contributed by atoms with van der Waals surface area (Å²) < 4.78 is 1.63. The number of benzene rings is 1. The Morgan fingerprint density at radius 2 is 1.93 bits per heavy atom. The number of aromatic nitrogens is 2. The number of nitrogens with zero attached hydrogens (tertiary/aromatic N) is 3. The molecular formula is C20H26N4O3. The largest absolute Gasteiger partial charge is 0.349 e. The lowest BCUT2D eigenvalue weighted by Crippen LogP contribution is -2.41. The van der Waals surface area contributed by atoms with E-state index in [0.717, 1.165) is 12.0 Å². The highest BCUT2D eigenvalue weighted by molar-refractivity contribution is 5.94. The molecule has 2 atom stereocenters. The number of nitro groups is 1. The van der Waals surface area contributed by atoms with E-state index in [2.05, 4.69) is 17.3 Å². The Morgan fingerprint density at radius 1 is 1.26 bits per heavy atom. The molecule has 1 aliphatic rings. The van der Waals surface area contributed by atoms with Crippen LogP contribution in [0.25, 0.3) is 0 Å². The molecule has 1 aromatic heterocycles. The fourth-order valence-electron chi connectivity index (χ4n) is 3.82. The summed E-state index contributed by atoms with van der Waals surface area (Å²) in [7, 11) is 0. The average Bonchev–Trinajstić information content (AvgIpc) is 2.91. The van der Waals surface area contributed by atoms with Crippen LogP contribution in [-0.2, 0) is 6.54 Å². The third-order valence-electron chi connectivity index (χ3n) is 5.50. The number of rotatable bonds is 5. The minimum absolute atomic E-state index is 0.0398. The van der Waals surface area contributed by atoms with Gasteiger partial charge in [-0.15, -0.1) is 0 Å². The van der Waals surface area contributed by atoms with Crippen molar-refractivity contribution in [1.29, 1.82) is 0 Å². The van der Waals surface area contributed by atoms with Gasteiger partial charge in [0.25, 0.3) is 5.91 Å². The molecule has 1 aromatic carbocycles. The van der Waals surface area contributed by atoms with E-state index in [1.54, 1.807) is 30.7 Å². The van der Waals surface area contributed by atoms with Crippen LogP contribution in [0, 0.1) is 29.9 Å². The zero-order valence-corrected chi connectivity index (χ0v) is 16.1. The Labute approximate surface area is 158 Å². The van der Waals surface area contributed by atoms with Crippen molar-refractivity contribution in [3.05, 3.63) is 56.9 Å². The highest BCUT2D eigenvalue weighted by Gasteiger charge is 2.24. The van der Waals surface area contributed by atoms with E-state index < -0.39 is 4.92 Å². The third kappa shape index (κ3) is 4.18. The predicted octanol–water partition coefficient (Wildman–Crippen LogP) is 3.76. The van der Waals surface area contributed by atoms with Crippen LogP contribution in [0.1, 0.15) is 59.9 Å². The van der Waals surface area contributed by atoms with Crippen LogP contribution in [-0.4, -0.2) is 26.7 Å². The molecule has 1 amide bonds. The van der Waals surface area contributed by atoms with Crippen LogP contribution in [0.3, 0.4) is 0 Å².